The molecule has 2 aromatic carbocycles. The number of halogens is 1. The third-order valence-corrected chi connectivity index (χ3v) is 4.54. The van der Waals surface area contributed by atoms with Gasteiger partial charge in [-0.2, -0.15) is 0 Å². The Kier molecular flexibility index (Phi) is 5.56. The maximum atomic E-state index is 12.3. The van der Waals surface area contributed by atoms with Gasteiger partial charge in [-0.15, -0.1) is 0 Å². The Morgan fingerprint density at radius 3 is 2.24 bits per heavy atom. The van der Waals surface area contributed by atoms with Gasteiger partial charge in [0.15, 0.2) is 0 Å². The number of carbonyl (C=O) groups excluding carboxylic acids is 2. The molecule has 2 aromatic rings. The standard InChI is InChI=1S/C19H20ClN3O2/c20-16-8-4-5-9-17(16)21-18(24)14-19(25)23-12-10-22(11-13-23)15-6-2-1-3-7-15/h1-9H,10-14H2,(H,21,24). The number of nitrogens with zero attached hydrogens (tertiary/aromatic N) is 2. The third kappa shape index (κ3) is 4.51. The van der Waals surface area contributed by atoms with Crippen LogP contribution in [-0.4, -0.2) is 42.9 Å². The van der Waals surface area contributed by atoms with E-state index in [0.29, 0.717) is 23.8 Å². The Morgan fingerprint density at radius 1 is 0.920 bits per heavy atom. The first-order chi connectivity index (χ1) is 12.1. The van der Waals surface area contributed by atoms with E-state index in [1.54, 1.807) is 29.2 Å². The summed E-state index contributed by atoms with van der Waals surface area (Å²) in [6, 6.07) is 17.1. The zero-order chi connectivity index (χ0) is 17.6. The highest BCUT2D eigenvalue weighted by Gasteiger charge is 2.23. The van der Waals surface area contributed by atoms with E-state index in [-0.39, 0.29) is 18.2 Å². The molecule has 1 aliphatic heterocycles. The Labute approximate surface area is 152 Å². The number of rotatable bonds is 4. The largest absolute Gasteiger partial charge is 0.368 e. The van der Waals surface area contributed by atoms with Crippen LogP contribution in [0, 0.1) is 0 Å². The highest BCUT2D eigenvalue weighted by Crippen LogP contribution is 2.21. The van der Waals surface area contributed by atoms with Gasteiger partial charge in [-0.1, -0.05) is 41.9 Å². The molecule has 25 heavy (non-hydrogen) atoms. The molecule has 1 aliphatic rings. The van der Waals surface area contributed by atoms with Crippen molar-refractivity contribution in [2.45, 2.75) is 6.42 Å². The molecular formula is C19H20ClN3O2. The molecule has 0 aromatic heterocycles. The average Bonchev–Trinajstić information content (AvgIpc) is 2.64. The summed E-state index contributed by atoms with van der Waals surface area (Å²) in [6.07, 6.45) is -0.170. The van der Waals surface area contributed by atoms with Crippen LogP contribution in [0.3, 0.4) is 0 Å². The quantitative estimate of drug-likeness (QED) is 0.856. The Balaban J connectivity index is 1.49. The summed E-state index contributed by atoms with van der Waals surface area (Å²) >= 11 is 6.01. The van der Waals surface area contributed by atoms with Crippen molar-refractivity contribution in [1.82, 2.24) is 4.90 Å². The summed E-state index contributed by atoms with van der Waals surface area (Å²) in [4.78, 5) is 28.4. The maximum Gasteiger partial charge on any atom is 0.233 e. The summed E-state index contributed by atoms with van der Waals surface area (Å²) in [5.41, 5.74) is 1.68. The van der Waals surface area contributed by atoms with Gasteiger partial charge < -0.3 is 15.1 Å². The molecule has 0 spiro atoms. The lowest BCUT2D eigenvalue weighted by atomic mass is 10.2. The topological polar surface area (TPSA) is 52.7 Å². The maximum absolute atomic E-state index is 12.3. The lowest BCUT2D eigenvalue weighted by Crippen LogP contribution is -2.49. The van der Waals surface area contributed by atoms with Crippen LogP contribution < -0.4 is 10.2 Å². The van der Waals surface area contributed by atoms with Gasteiger partial charge in [-0.25, -0.2) is 0 Å². The SMILES string of the molecule is O=C(CC(=O)N1CCN(c2ccccc2)CC1)Nc1ccccc1Cl. The van der Waals surface area contributed by atoms with Crippen LogP contribution in [0.25, 0.3) is 0 Å². The zero-order valence-corrected chi connectivity index (χ0v) is 14.6. The molecule has 1 heterocycles. The lowest BCUT2D eigenvalue weighted by molar-refractivity contribution is -0.134. The van der Waals surface area contributed by atoms with E-state index in [1.165, 1.54) is 0 Å². The summed E-state index contributed by atoms with van der Waals surface area (Å²) in [7, 11) is 0. The van der Waals surface area contributed by atoms with Gasteiger partial charge in [0, 0.05) is 31.9 Å². The normalized spacial score (nSPS) is 14.3. The molecule has 1 N–H and O–H groups in total. The number of piperazine rings is 1. The predicted octanol–water partition coefficient (Wildman–Crippen LogP) is 3.02. The fraction of sp³-hybridized carbons (Fsp3) is 0.263. The molecule has 0 aliphatic carbocycles. The van der Waals surface area contributed by atoms with E-state index in [1.807, 2.05) is 18.2 Å². The van der Waals surface area contributed by atoms with Gasteiger partial charge in [-0.3, -0.25) is 9.59 Å². The van der Waals surface area contributed by atoms with Crippen molar-refractivity contribution in [1.29, 1.82) is 0 Å². The van der Waals surface area contributed by atoms with Crippen molar-refractivity contribution in [3.8, 4) is 0 Å². The minimum atomic E-state index is -0.344. The molecule has 3 rings (SSSR count). The van der Waals surface area contributed by atoms with E-state index in [2.05, 4.69) is 22.3 Å². The fourth-order valence-corrected chi connectivity index (χ4v) is 3.04. The van der Waals surface area contributed by atoms with Crippen molar-refractivity contribution >= 4 is 34.8 Å². The van der Waals surface area contributed by atoms with E-state index >= 15 is 0 Å². The number of hydrogen-bond acceptors (Lipinski definition) is 3. The molecule has 0 bridgehead atoms. The highest BCUT2D eigenvalue weighted by atomic mass is 35.5. The summed E-state index contributed by atoms with van der Waals surface area (Å²) < 4.78 is 0. The molecule has 0 radical (unpaired) electrons. The Hall–Kier alpha value is -2.53. The molecule has 6 heteroatoms. The van der Waals surface area contributed by atoms with Crippen LogP contribution in [0.5, 0.6) is 0 Å². The van der Waals surface area contributed by atoms with Crippen LogP contribution in [0.1, 0.15) is 6.42 Å². The first kappa shape index (κ1) is 17.3. The van der Waals surface area contributed by atoms with Crippen LogP contribution in [0.4, 0.5) is 11.4 Å². The van der Waals surface area contributed by atoms with Crippen LogP contribution >= 0.6 is 11.6 Å². The van der Waals surface area contributed by atoms with Crippen molar-refractivity contribution in [2.24, 2.45) is 0 Å². The van der Waals surface area contributed by atoms with Crippen LogP contribution in [-0.2, 0) is 9.59 Å². The average molecular weight is 358 g/mol. The van der Waals surface area contributed by atoms with Crippen molar-refractivity contribution in [2.75, 3.05) is 36.4 Å². The van der Waals surface area contributed by atoms with Crippen molar-refractivity contribution in [3.05, 3.63) is 59.6 Å². The summed E-state index contributed by atoms with van der Waals surface area (Å²) in [6.45, 7) is 2.77. The van der Waals surface area contributed by atoms with E-state index in [4.69, 9.17) is 11.6 Å². The van der Waals surface area contributed by atoms with Crippen LogP contribution in [0.15, 0.2) is 54.6 Å². The van der Waals surface area contributed by atoms with Gasteiger partial charge in [0.05, 0.1) is 10.7 Å². The first-order valence-electron chi connectivity index (χ1n) is 8.25. The van der Waals surface area contributed by atoms with Gasteiger partial charge in [0.25, 0.3) is 0 Å². The second-order valence-corrected chi connectivity index (χ2v) is 6.32. The second kappa shape index (κ2) is 8.03. The zero-order valence-electron chi connectivity index (χ0n) is 13.8. The third-order valence-electron chi connectivity index (χ3n) is 4.21. The monoisotopic (exact) mass is 357 g/mol. The molecule has 1 fully saturated rings. The second-order valence-electron chi connectivity index (χ2n) is 5.91. The fourth-order valence-electron chi connectivity index (χ4n) is 2.86. The van der Waals surface area contributed by atoms with Gasteiger partial charge in [-0.05, 0) is 24.3 Å². The number of benzene rings is 2. The minimum Gasteiger partial charge on any atom is -0.368 e. The van der Waals surface area contributed by atoms with Gasteiger partial charge in [0.1, 0.15) is 6.42 Å². The molecular weight excluding hydrogens is 338 g/mol. The number of para-hydroxylation sites is 2. The molecule has 2 amide bonds. The number of hydrogen-bond donors (Lipinski definition) is 1. The van der Waals surface area contributed by atoms with Gasteiger partial charge in [0.2, 0.25) is 11.8 Å². The predicted molar refractivity (Wildman–Crippen MR) is 99.9 cm³/mol. The molecule has 5 nitrogen and oxygen atoms in total. The number of anilines is 2. The number of carbonyl (C=O) groups is 2. The smallest absolute Gasteiger partial charge is 0.233 e. The molecule has 130 valence electrons. The molecule has 1 saturated heterocycles. The van der Waals surface area contributed by atoms with E-state index in [9.17, 15) is 9.59 Å². The Morgan fingerprint density at radius 2 is 1.56 bits per heavy atom. The summed E-state index contributed by atoms with van der Waals surface area (Å²) in [5.74, 6) is -0.499. The minimum absolute atomic E-state index is 0.155. The van der Waals surface area contributed by atoms with Crippen molar-refractivity contribution < 1.29 is 9.59 Å². The van der Waals surface area contributed by atoms with Gasteiger partial charge >= 0.3 is 0 Å². The Bertz CT molecular complexity index is 743. The lowest BCUT2D eigenvalue weighted by Gasteiger charge is -2.36. The number of nitrogens with one attached hydrogen (secondary N) is 1. The number of amides is 2. The molecule has 0 saturated carbocycles. The van der Waals surface area contributed by atoms with Crippen molar-refractivity contribution in [3.63, 3.8) is 0 Å². The first-order valence-corrected chi connectivity index (χ1v) is 8.63. The highest BCUT2D eigenvalue weighted by molar-refractivity contribution is 6.33. The molecule has 0 atom stereocenters. The van der Waals surface area contributed by atoms with E-state index < -0.39 is 0 Å². The summed E-state index contributed by atoms with van der Waals surface area (Å²) in [5, 5.41) is 3.14. The van der Waals surface area contributed by atoms with E-state index in [0.717, 1.165) is 18.8 Å². The van der Waals surface area contributed by atoms with Crippen LogP contribution in [0.2, 0.25) is 5.02 Å². The molecule has 0 unspecified atom stereocenters.